The number of carboxylic acid groups (broad SMARTS) is 1. The predicted molar refractivity (Wildman–Crippen MR) is 55.3 cm³/mol. The van der Waals surface area contributed by atoms with Crippen molar-refractivity contribution >= 4 is 17.7 Å². The quantitative estimate of drug-likeness (QED) is 0.697. The Morgan fingerprint density at radius 3 is 3.14 bits per heavy atom. The van der Waals surface area contributed by atoms with Crippen LogP contribution in [-0.4, -0.2) is 17.6 Å². The molecule has 0 aromatic heterocycles. The Hall–Kier alpha value is -1.77. The first kappa shape index (κ1) is 8.81. The lowest BCUT2D eigenvalue weighted by molar-refractivity contribution is -0.131. The molecule has 2 rings (SSSR count). The Morgan fingerprint density at radius 2 is 2.36 bits per heavy atom. The molecule has 0 spiro atoms. The maximum absolute atomic E-state index is 10.3. The van der Waals surface area contributed by atoms with Gasteiger partial charge in [0.25, 0.3) is 0 Å². The predicted octanol–water partition coefficient (Wildman–Crippen LogP) is 1.75. The molecule has 0 atom stereocenters. The number of benzene rings is 1. The fourth-order valence-corrected chi connectivity index (χ4v) is 1.60. The van der Waals surface area contributed by atoms with Crippen molar-refractivity contribution in [3.8, 4) is 0 Å². The first-order chi connectivity index (χ1) is 6.75. The molecule has 0 unspecified atom stereocenters. The minimum Gasteiger partial charge on any atom is -0.478 e. The van der Waals surface area contributed by atoms with E-state index in [4.69, 9.17) is 5.11 Å². The summed E-state index contributed by atoms with van der Waals surface area (Å²) in [5, 5.41) is 11.7. The SMILES string of the molecule is O=C(O)/C=C/c1ccc2c(c1)CCN2. The van der Waals surface area contributed by atoms with Crippen LogP contribution in [0.25, 0.3) is 6.08 Å². The van der Waals surface area contributed by atoms with E-state index in [1.54, 1.807) is 6.08 Å². The number of nitrogens with one attached hydrogen (secondary N) is 1. The minimum absolute atomic E-state index is 0.913. The van der Waals surface area contributed by atoms with Crippen molar-refractivity contribution in [2.45, 2.75) is 6.42 Å². The van der Waals surface area contributed by atoms with Gasteiger partial charge in [0.15, 0.2) is 0 Å². The number of rotatable bonds is 2. The average Bonchev–Trinajstić information content (AvgIpc) is 2.61. The molecule has 0 fully saturated rings. The molecule has 3 heteroatoms. The maximum Gasteiger partial charge on any atom is 0.328 e. The highest BCUT2D eigenvalue weighted by Crippen LogP contribution is 2.23. The van der Waals surface area contributed by atoms with Gasteiger partial charge in [0.05, 0.1) is 0 Å². The topological polar surface area (TPSA) is 49.3 Å². The molecule has 1 aromatic carbocycles. The van der Waals surface area contributed by atoms with Crippen LogP contribution >= 0.6 is 0 Å². The molecule has 1 heterocycles. The molecule has 0 radical (unpaired) electrons. The Kier molecular flexibility index (Phi) is 2.23. The summed E-state index contributed by atoms with van der Waals surface area (Å²) in [7, 11) is 0. The lowest BCUT2D eigenvalue weighted by atomic mass is 10.1. The molecule has 1 aromatic rings. The van der Waals surface area contributed by atoms with Crippen molar-refractivity contribution in [1.82, 2.24) is 0 Å². The van der Waals surface area contributed by atoms with E-state index >= 15 is 0 Å². The molecule has 1 aliphatic rings. The van der Waals surface area contributed by atoms with Gasteiger partial charge in [-0.05, 0) is 35.8 Å². The highest BCUT2D eigenvalue weighted by Gasteiger charge is 2.08. The second kappa shape index (κ2) is 3.54. The van der Waals surface area contributed by atoms with Crippen molar-refractivity contribution in [2.75, 3.05) is 11.9 Å². The summed E-state index contributed by atoms with van der Waals surface area (Å²) in [5.41, 5.74) is 3.37. The number of fused-ring (bicyclic) bond motifs is 1. The van der Waals surface area contributed by atoms with E-state index in [0.29, 0.717) is 0 Å². The number of carboxylic acids is 1. The van der Waals surface area contributed by atoms with Crippen molar-refractivity contribution in [2.24, 2.45) is 0 Å². The highest BCUT2D eigenvalue weighted by atomic mass is 16.4. The summed E-state index contributed by atoms with van der Waals surface area (Å²) in [4.78, 5) is 10.3. The molecule has 14 heavy (non-hydrogen) atoms. The van der Waals surface area contributed by atoms with Crippen LogP contribution in [0.5, 0.6) is 0 Å². The van der Waals surface area contributed by atoms with Gasteiger partial charge in [0, 0.05) is 18.3 Å². The van der Waals surface area contributed by atoms with Gasteiger partial charge >= 0.3 is 5.97 Å². The molecule has 0 saturated carbocycles. The van der Waals surface area contributed by atoms with Gasteiger partial charge in [-0.25, -0.2) is 4.79 Å². The van der Waals surface area contributed by atoms with E-state index in [0.717, 1.165) is 30.3 Å². The van der Waals surface area contributed by atoms with Gasteiger partial charge in [0.1, 0.15) is 0 Å². The minimum atomic E-state index is -0.913. The normalized spacial score (nSPS) is 14.0. The molecule has 0 amide bonds. The Balaban J connectivity index is 2.25. The standard InChI is InChI=1S/C11H11NO2/c13-11(14)4-2-8-1-3-10-9(7-8)5-6-12-10/h1-4,7,12H,5-6H2,(H,13,14)/b4-2+. The van der Waals surface area contributed by atoms with Crippen molar-refractivity contribution in [3.05, 3.63) is 35.4 Å². The summed E-state index contributed by atoms with van der Waals surface area (Å²) in [5.74, 6) is -0.913. The third kappa shape index (κ3) is 1.76. The Bertz CT molecular complexity index is 396. The lowest BCUT2D eigenvalue weighted by Crippen LogP contribution is -1.90. The van der Waals surface area contributed by atoms with Crippen molar-refractivity contribution in [1.29, 1.82) is 0 Å². The van der Waals surface area contributed by atoms with Gasteiger partial charge in [-0.3, -0.25) is 0 Å². The van der Waals surface area contributed by atoms with Crippen LogP contribution in [0.1, 0.15) is 11.1 Å². The fourth-order valence-electron chi connectivity index (χ4n) is 1.60. The number of anilines is 1. The van der Waals surface area contributed by atoms with E-state index in [2.05, 4.69) is 5.32 Å². The molecular weight excluding hydrogens is 178 g/mol. The zero-order chi connectivity index (χ0) is 9.97. The van der Waals surface area contributed by atoms with Crippen LogP contribution in [0.3, 0.4) is 0 Å². The molecule has 2 N–H and O–H groups in total. The fraction of sp³-hybridized carbons (Fsp3) is 0.182. The van der Waals surface area contributed by atoms with E-state index in [9.17, 15) is 4.79 Å². The van der Waals surface area contributed by atoms with Crippen molar-refractivity contribution < 1.29 is 9.90 Å². The zero-order valence-electron chi connectivity index (χ0n) is 7.66. The zero-order valence-corrected chi connectivity index (χ0v) is 7.66. The molecule has 0 aliphatic carbocycles. The molecule has 3 nitrogen and oxygen atoms in total. The summed E-state index contributed by atoms with van der Waals surface area (Å²) in [6, 6.07) is 5.93. The summed E-state index contributed by atoms with van der Waals surface area (Å²) >= 11 is 0. The summed E-state index contributed by atoms with van der Waals surface area (Å²) < 4.78 is 0. The van der Waals surface area contributed by atoms with Gasteiger partial charge in [-0.2, -0.15) is 0 Å². The molecule has 0 saturated heterocycles. The van der Waals surface area contributed by atoms with Gasteiger partial charge < -0.3 is 10.4 Å². The maximum atomic E-state index is 10.3. The summed E-state index contributed by atoms with van der Waals surface area (Å²) in [6.45, 7) is 0.974. The molecule has 72 valence electrons. The second-order valence-electron chi connectivity index (χ2n) is 3.26. The Morgan fingerprint density at radius 1 is 1.50 bits per heavy atom. The van der Waals surface area contributed by atoms with Gasteiger partial charge in [-0.15, -0.1) is 0 Å². The van der Waals surface area contributed by atoms with Crippen LogP contribution in [0.2, 0.25) is 0 Å². The largest absolute Gasteiger partial charge is 0.478 e. The second-order valence-corrected chi connectivity index (χ2v) is 3.26. The molecular formula is C11H11NO2. The smallest absolute Gasteiger partial charge is 0.328 e. The van der Waals surface area contributed by atoms with E-state index in [1.165, 1.54) is 5.56 Å². The Labute approximate surface area is 82.1 Å². The average molecular weight is 189 g/mol. The summed E-state index contributed by atoms with van der Waals surface area (Å²) in [6.07, 6.45) is 3.79. The number of aliphatic carboxylic acids is 1. The monoisotopic (exact) mass is 189 g/mol. The van der Waals surface area contributed by atoms with E-state index < -0.39 is 5.97 Å². The third-order valence-electron chi connectivity index (χ3n) is 2.26. The van der Waals surface area contributed by atoms with Crippen LogP contribution in [0.15, 0.2) is 24.3 Å². The highest BCUT2D eigenvalue weighted by molar-refractivity contribution is 5.85. The molecule has 0 bridgehead atoms. The van der Waals surface area contributed by atoms with E-state index in [1.807, 2.05) is 18.2 Å². The van der Waals surface area contributed by atoms with Crippen LogP contribution in [-0.2, 0) is 11.2 Å². The number of hydrogen-bond acceptors (Lipinski definition) is 2. The lowest BCUT2D eigenvalue weighted by Gasteiger charge is -1.99. The first-order valence-corrected chi connectivity index (χ1v) is 4.53. The van der Waals surface area contributed by atoms with Gasteiger partial charge in [-0.1, -0.05) is 6.07 Å². The number of hydrogen-bond donors (Lipinski definition) is 2. The number of carbonyl (C=O) groups is 1. The first-order valence-electron chi connectivity index (χ1n) is 4.53. The molecule has 1 aliphatic heterocycles. The van der Waals surface area contributed by atoms with Crippen LogP contribution in [0, 0.1) is 0 Å². The van der Waals surface area contributed by atoms with Crippen LogP contribution < -0.4 is 5.32 Å². The van der Waals surface area contributed by atoms with E-state index in [-0.39, 0.29) is 0 Å². The van der Waals surface area contributed by atoms with Crippen LogP contribution in [0.4, 0.5) is 5.69 Å². The third-order valence-corrected chi connectivity index (χ3v) is 2.26. The van der Waals surface area contributed by atoms with Gasteiger partial charge in [0.2, 0.25) is 0 Å². The van der Waals surface area contributed by atoms with Crippen molar-refractivity contribution in [3.63, 3.8) is 0 Å².